The van der Waals surface area contributed by atoms with Gasteiger partial charge in [-0.2, -0.15) is 13.2 Å². The summed E-state index contributed by atoms with van der Waals surface area (Å²) in [5.74, 6) is 0.650. The Hall–Kier alpha value is -2.70. The normalized spacial score (nSPS) is 10.9. The fourth-order valence-corrected chi connectivity index (χ4v) is 1.86. The highest BCUT2D eigenvalue weighted by atomic mass is 19.4. The minimum absolute atomic E-state index is 0.162. The summed E-state index contributed by atoms with van der Waals surface area (Å²) in [5.41, 5.74) is -1.18. The summed E-state index contributed by atoms with van der Waals surface area (Å²) < 4.78 is 43.8. The maximum atomic E-state index is 12.8. The molecule has 2 aromatic rings. The third-order valence-corrected chi connectivity index (χ3v) is 2.88. The zero-order chi connectivity index (χ0) is 16.7. The maximum Gasteiger partial charge on any atom is 0.418 e. The van der Waals surface area contributed by atoms with Gasteiger partial charge in [-0.3, -0.25) is 0 Å². The number of amides is 2. The number of nitrogens with one attached hydrogen (secondary N) is 2. The molecule has 0 saturated heterocycles. The van der Waals surface area contributed by atoms with E-state index in [4.69, 9.17) is 4.74 Å². The highest BCUT2D eigenvalue weighted by Gasteiger charge is 2.33. The molecule has 0 bridgehead atoms. The van der Waals surface area contributed by atoms with E-state index in [9.17, 15) is 18.0 Å². The highest BCUT2D eigenvalue weighted by molar-refractivity contribution is 5.90. The Bertz CT molecular complexity index is 645. The summed E-state index contributed by atoms with van der Waals surface area (Å²) in [7, 11) is 0. The molecule has 0 spiro atoms. The molecule has 0 aliphatic rings. The summed E-state index contributed by atoms with van der Waals surface area (Å²) in [4.78, 5) is 11.7. The van der Waals surface area contributed by atoms with Crippen molar-refractivity contribution in [2.45, 2.75) is 6.18 Å². The monoisotopic (exact) mass is 324 g/mol. The molecule has 4 nitrogen and oxygen atoms in total. The Morgan fingerprint density at radius 3 is 2.35 bits per heavy atom. The molecule has 0 unspecified atom stereocenters. The van der Waals surface area contributed by atoms with Gasteiger partial charge >= 0.3 is 12.2 Å². The van der Waals surface area contributed by atoms with E-state index in [-0.39, 0.29) is 18.8 Å². The average Bonchev–Trinajstić information content (AvgIpc) is 2.52. The molecule has 0 saturated carbocycles. The number of anilines is 1. The Labute approximate surface area is 131 Å². The predicted octanol–water partition coefficient (Wildman–Crippen LogP) is 3.91. The zero-order valence-electron chi connectivity index (χ0n) is 12.1. The van der Waals surface area contributed by atoms with E-state index in [1.165, 1.54) is 18.2 Å². The first-order chi connectivity index (χ1) is 11.0. The number of ether oxygens (including phenoxy) is 1. The van der Waals surface area contributed by atoms with E-state index < -0.39 is 17.8 Å². The third kappa shape index (κ3) is 5.21. The van der Waals surface area contributed by atoms with Crippen molar-refractivity contribution in [3.63, 3.8) is 0 Å². The minimum atomic E-state index is -4.53. The van der Waals surface area contributed by atoms with Crippen LogP contribution in [0.2, 0.25) is 0 Å². The fraction of sp³-hybridized carbons (Fsp3) is 0.188. The molecule has 0 fully saturated rings. The number of rotatable bonds is 5. The van der Waals surface area contributed by atoms with Crippen LogP contribution in [0.25, 0.3) is 0 Å². The average molecular weight is 324 g/mol. The lowest BCUT2D eigenvalue weighted by molar-refractivity contribution is -0.136. The molecule has 0 atom stereocenters. The number of carbonyl (C=O) groups excluding carboxylic acids is 1. The number of carbonyl (C=O) groups is 1. The standard InChI is InChI=1S/C16H15F3N2O2/c17-16(18,19)13-8-4-5-9-14(13)21-15(22)20-10-11-23-12-6-2-1-3-7-12/h1-9H,10-11H2,(H2,20,21,22). The van der Waals surface area contributed by atoms with Gasteiger partial charge in [0.25, 0.3) is 0 Å². The fourth-order valence-electron chi connectivity index (χ4n) is 1.86. The van der Waals surface area contributed by atoms with Crippen LogP contribution in [-0.2, 0) is 6.18 Å². The second kappa shape index (κ2) is 7.53. The molecule has 0 radical (unpaired) electrons. The molecule has 0 heterocycles. The SMILES string of the molecule is O=C(NCCOc1ccccc1)Nc1ccccc1C(F)(F)F. The van der Waals surface area contributed by atoms with Crippen LogP contribution in [0.5, 0.6) is 5.75 Å². The van der Waals surface area contributed by atoms with Gasteiger partial charge in [0.15, 0.2) is 0 Å². The lowest BCUT2D eigenvalue weighted by Gasteiger charge is -2.14. The van der Waals surface area contributed by atoms with Crippen molar-refractivity contribution in [1.82, 2.24) is 5.32 Å². The van der Waals surface area contributed by atoms with Gasteiger partial charge in [-0.05, 0) is 24.3 Å². The van der Waals surface area contributed by atoms with Gasteiger partial charge in [0.05, 0.1) is 17.8 Å². The first-order valence-electron chi connectivity index (χ1n) is 6.86. The Balaban J connectivity index is 1.81. The smallest absolute Gasteiger partial charge is 0.418 e. The van der Waals surface area contributed by atoms with Crippen LogP contribution in [0.3, 0.4) is 0 Å². The van der Waals surface area contributed by atoms with Gasteiger partial charge in [0, 0.05) is 0 Å². The van der Waals surface area contributed by atoms with Crippen LogP contribution in [-0.4, -0.2) is 19.2 Å². The predicted molar refractivity (Wildman–Crippen MR) is 80.4 cm³/mol. The third-order valence-electron chi connectivity index (χ3n) is 2.88. The van der Waals surface area contributed by atoms with E-state index in [1.54, 1.807) is 12.1 Å². The Morgan fingerprint density at radius 2 is 1.65 bits per heavy atom. The van der Waals surface area contributed by atoms with E-state index in [1.807, 2.05) is 18.2 Å². The van der Waals surface area contributed by atoms with Crippen molar-refractivity contribution < 1.29 is 22.7 Å². The lowest BCUT2D eigenvalue weighted by Crippen LogP contribution is -2.32. The molecule has 23 heavy (non-hydrogen) atoms. The first kappa shape index (κ1) is 16.7. The number of hydrogen-bond acceptors (Lipinski definition) is 2. The van der Waals surface area contributed by atoms with Crippen LogP contribution in [0.15, 0.2) is 54.6 Å². The number of alkyl halides is 3. The van der Waals surface area contributed by atoms with E-state index >= 15 is 0 Å². The summed E-state index contributed by atoms with van der Waals surface area (Å²) in [6, 6.07) is 13.1. The second-order valence-electron chi connectivity index (χ2n) is 4.59. The van der Waals surface area contributed by atoms with Crippen molar-refractivity contribution in [2.24, 2.45) is 0 Å². The Kier molecular flexibility index (Phi) is 5.46. The number of urea groups is 1. The van der Waals surface area contributed by atoms with Crippen LogP contribution < -0.4 is 15.4 Å². The first-order valence-corrected chi connectivity index (χ1v) is 6.86. The van der Waals surface area contributed by atoms with Gasteiger partial charge in [-0.15, -0.1) is 0 Å². The topological polar surface area (TPSA) is 50.4 Å². The summed E-state index contributed by atoms with van der Waals surface area (Å²) >= 11 is 0. The Morgan fingerprint density at radius 1 is 1.00 bits per heavy atom. The lowest BCUT2D eigenvalue weighted by atomic mass is 10.1. The molecular weight excluding hydrogens is 309 g/mol. The molecule has 2 N–H and O–H groups in total. The van der Waals surface area contributed by atoms with Crippen LogP contribution in [0, 0.1) is 0 Å². The summed E-state index contributed by atoms with van der Waals surface area (Å²) in [5, 5.41) is 4.63. The van der Waals surface area contributed by atoms with Crippen molar-refractivity contribution in [2.75, 3.05) is 18.5 Å². The van der Waals surface area contributed by atoms with Crippen molar-refractivity contribution >= 4 is 11.7 Å². The van der Waals surface area contributed by atoms with Gasteiger partial charge in [-0.25, -0.2) is 4.79 Å². The van der Waals surface area contributed by atoms with Crippen molar-refractivity contribution in [1.29, 1.82) is 0 Å². The maximum absolute atomic E-state index is 12.8. The van der Waals surface area contributed by atoms with Gasteiger partial charge in [0.2, 0.25) is 0 Å². The number of para-hydroxylation sites is 2. The van der Waals surface area contributed by atoms with E-state index in [2.05, 4.69) is 10.6 Å². The molecule has 0 aliphatic heterocycles. The largest absolute Gasteiger partial charge is 0.492 e. The quantitative estimate of drug-likeness (QED) is 0.820. The van der Waals surface area contributed by atoms with Crippen molar-refractivity contribution in [3.05, 3.63) is 60.2 Å². The number of benzene rings is 2. The van der Waals surface area contributed by atoms with Crippen LogP contribution in [0.1, 0.15) is 5.56 Å². The highest BCUT2D eigenvalue weighted by Crippen LogP contribution is 2.34. The van der Waals surface area contributed by atoms with Crippen LogP contribution in [0.4, 0.5) is 23.7 Å². The zero-order valence-corrected chi connectivity index (χ0v) is 12.1. The molecule has 2 aromatic carbocycles. The molecule has 0 aromatic heterocycles. The van der Waals surface area contributed by atoms with Gasteiger partial charge in [-0.1, -0.05) is 30.3 Å². The molecule has 0 aliphatic carbocycles. The molecule has 7 heteroatoms. The van der Waals surface area contributed by atoms with Crippen molar-refractivity contribution in [3.8, 4) is 5.75 Å². The molecular formula is C16H15F3N2O2. The molecule has 2 amide bonds. The summed E-state index contributed by atoms with van der Waals surface area (Å²) in [6.07, 6.45) is -4.53. The summed E-state index contributed by atoms with van der Waals surface area (Å²) in [6.45, 7) is 0.368. The number of halogens is 3. The second-order valence-corrected chi connectivity index (χ2v) is 4.59. The number of hydrogen-bond donors (Lipinski definition) is 2. The minimum Gasteiger partial charge on any atom is -0.492 e. The van der Waals surface area contributed by atoms with Crippen LogP contribution >= 0.6 is 0 Å². The van der Waals surface area contributed by atoms with E-state index in [0.29, 0.717) is 5.75 Å². The molecule has 2 rings (SSSR count). The van der Waals surface area contributed by atoms with E-state index in [0.717, 1.165) is 6.07 Å². The van der Waals surface area contributed by atoms with Gasteiger partial charge < -0.3 is 15.4 Å². The van der Waals surface area contributed by atoms with Gasteiger partial charge in [0.1, 0.15) is 12.4 Å². The molecule has 122 valence electrons.